The molecule has 0 saturated carbocycles. The summed E-state index contributed by atoms with van der Waals surface area (Å²) in [7, 11) is 0. The molecule has 0 aromatic rings. The number of ether oxygens (including phenoxy) is 2. The Bertz CT molecular complexity index is 286. The Morgan fingerprint density at radius 3 is 1.32 bits per heavy atom. The van der Waals surface area contributed by atoms with Crippen LogP contribution in [0.3, 0.4) is 0 Å². The Balaban J connectivity index is 0.000000222. The van der Waals surface area contributed by atoms with E-state index in [1.54, 1.807) is 0 Å². The molecule has 2 aliphatic heterocycles. The summed E-state index contributed by atoms with van der Waals surface area (Å²) < 4.78 is 10.2. The number of hydrogen-bond donors (Lipinski definition) is 8. The molecule has 0 aromatic carbocycles. The number of fused-ring (bicyclic) bond motifs is 1. The first kappa shape index (κ1) is 19.6. The molecule has 8 atom stereocenters. The Morgan fingerprint density at radius 1 is 0.727 bits per heavy atom. The highest BCUT2D eigenvalue weighted by Gasteiger charge is 2.46. The molecule has 0 spiro atoms. The van der Waals surface area contributed by atoms with E-state index < -0.39 is 49.8 Å². The minimum atomic E-state index is -1.67. The summed E-state index contributed by atoms with van der Waals surface area (Å²) in [6.45, 7) is -0.883. The molecular weight excluding hydrogens is 304 g/mol. The molecule has 2 heterocycles. The van der Waals surface area contributed by atoms with Crippen molar-refractivity contribution >= 4 is 0 Å². The molecule has 0 aliphatic carbocycles. The van der Waals surface area contributed by atoms with E-state index in [-0.39, 0.29) is 25.4 Å². The standard InChI is InChI=1S/C6H14O6.C6H10O4/c7-1-3(9)5(11)6(12)4(10)2-8;7-3-1-9-6-4(8)2-10-5(3)6/h3-12H,1-2H2;3-8H,1-2H2/t2*3-,4+,5-,6-/m11/s1. The highest BCUT2D eigenvalue weighted by atomic mass is 16.6. The molecular formula is C12H24O10. The van der Waals surface area contributed by atoms with Crippen LogP contribution in [0.2, 0.25) is 0 Å². The number of aliphatic hydroxyl groups excluding tert-OH is 8. The van der Waals surface area contributed by atoms with Crippen LogP contribution in [0, 0.1) is 0 Å². The summed E-state index contributed by atoms with van der Waals surface area (Å²) in [6, 6.07) is 0. The number of rotatable bonds is 5. The molecule has 0 aromatic heterocycles. The van der Waals surface area contributed by atoms with Crippen LogP contribution >= 0.6 is 0 Å². The van der Waals surface area contributed by atoms with Crippen LogP contribution in [0.25, 0.3) is 0 Å². The molecule has 2 fully saturated rings. The van der Waals surface area contributed by atoms with E-state index in [2.05, 4.69) is 0 Å². The number of aliphatic hydroxyl groups is 8. The van der Waals surface area contributed by atoms with Crippen LogP contribution in [0.5, 0.6) is 0 Å². The topological polar surface area (TPSA) is 180 Å². The molecule has 0 unspecified atom stereocenters. The first-order valence-electron chi connectivity index (χ1n) is 6.86. The quantitative estimate of drug-likeness (QED) is 0.243. The molecule has 2 saturated heterocycles. The van der Waals surface area contributed by atoms with E-state index in [1.807, 2.05) is 0 Å². The van der Waals surface area contributed by atoms with E-state index in [1.165, 1.54) is 0 Å². The van der Waals surface area contributed by atoms with E-state index >= 15 is 0 Å². The van der Waals surface area contributed by atoms with Gasteiger partial charge in [0, 0.05) is 0 Å². The average Bonchev–Trinajstić information content (AvgIpc) is 3.08. The fourth-order valence-corrected chi connectivity index (χ4v) is 2.13. The lowest BCUT2D eigenvalue weighted by Crippen LogP contribution is -2.46. The third kappa shape index (κ3) is 4.80. The summed E-state index contributed by atoms with van der Waals surface area (Å²) in [5.74, 6) is 0. The molecule has 2 rings (SSSR count). The van der Waals surface area contributed by atoms with Crippen molar-refractivity contribution in [3.05, 3.63) is 0 Å². The normalized spacial score (nSPS) is 36.0. The third-order valence-electron chi connectivity index (χ3n) is 3.51. The van der Waals surface area contributed by atoms with Gasteiger partial charge in [-0.25, -0.2) is 0 Å². The van der Waals surface area contributed by atoms with Crippen molar-refractivity contribution in [3.8, 4) is 0 Å². The molecule has 10 heteroatoms. The Labute approximate surface area is 126 Å². The van der Waals surface area contributed by atoms with E-state index in [0.29, 0.717) is 0 Å². The second kappa shape index (κ2) is 9.03. The minimum absolute atomic E-state index is 0.284. The first-order chi connectivity index (χ1) is 10.3. The average molecular weight is 328 g/mol. The fraction of sp³-hybridized carbons (Fsp3) is 1.00. The lowest BCUT2D eigenvalue weighted by Gasteiger charge is -2.24. The van der Waals surface area contributed by atoms with Crippen LogP contribution in [-0.2, 0) is 9.47 Å². The molecule has 0 radical (unpaired) electrons. The van der Waals surface area contributed by atoms with Crippen molar-refractivity contribution in [3.63, 3.8) is 0 Å². The van der Waals surface area contributed by atoms with Gasteiger partial charge < -0.3 is 50.3 Å². The first-order valence-corrected chi connectivity index (χ1v) is 6.86. The second-order valence-corrected chi connectivity index (χ2v) is 5.21. The maximum Gasteiger partial charge on any atom is 0.114 e. The zero-order valence-corrected chi connectivity index (χ0v) is 11.8. The van der Waals surface area contributed by atoms with Gasteiger partial charge in [0.1, 0.15) is 48.8 Å². The molecule has 0 amide bonds. The summed E-state index contributed by atoms with van der Waals surface area (Å²) in [5, 5.41) is 70.5. The van der Waals surface area contributed by atoms with E-state index in [0.717, 1.165) is 0 Å². The van der Waals surface area contributed by atoms with Crippen molar-refractivity contribution < 1.29 is 50.3 Å². The maximum atomic E-state index is 9.16. The van der Waals surface area contributed by atoms with Crippen LogP contribution in [-0.4, -0.2) is 116 Å². The van der Waals surface area contributed by atoms with Crippen LogP contribution in [0.4, 0.5) is 0 Å². The summed E-state index contributed by atoms with van der Waals surface area (Å²) in [6.07, 6.45) is -8.09. The van der Waals surface area contributed by atoms with Gasteiger partial charge in [0.2, 0.25) is 0 Å². The largest absolute Gasteiger partial charge is 0.394 e. The molecule has 22 heavy (non-hydrogen) atoms. The van der Waals surface area contributed by atoms with Crippen molar-refractivity contribution in [2.45, 2.75) is 48.8 Å². The Hall–Kier alpha value is -0.400. The SMILES string of the molecule is OC[C@@H](O)[C@@H](O)[C@H](O)[C@@H](O)CO.O[C@@H]1CO[C@H]2[C@@H]1OC[C@@H]2O. The summed E-state index contributed by atoms with van der Waals surface area (Å²) >= 11 is 0. The van der Waals surface area contributed by atoms with Gasteiger partial charge in [0.15, 0.2) is 0 Å². The minimum Gasteiger partial charge on any atom is -0.394 e. The van der Waals surface area contributed by atoms with Gasteiger partial charge in [0.05, 0.1) is 26.4 Å². The van der Waals surface area contributed by atoms with Gasteiger partial charge in [-0.2, -0.15) is 0 Å². The van der Waals surface area contributed by atoms with Crippen molar-refractivity contribution in [2.75, 3.05) is 26.4 Å². The predicted molar refractivity (Wildman–Crippen MR) is 69.7 cm³/mol. The molecule has 8 N–H and O–H groups in total. The van der Waals surface area contributed by atoms with Crippen LogP contribution in [0.1, 0.15) is 0 Å². The van der Waals surface area contributed by atoms with Gasteiger partial charge in [-0.3, -0.25) is 0 Å². The maximum absolute atomic E-state index is 9.16. The Morgan fingerprint density at radius 2 is 1.05 bits per heavy atom. The molecule has 2 aliphatic rings. The van der Waals surface area contributed by atoms with Gasteiger partial charge in [-0.05, 0) is 0 Å². The summed E-state index contributed by atoms with van der Waals surface area (Å²) in [5.41, 5.74) is 0. The number of hydrogen-bond acceptors (Lipinski definition) is 10. The zero-order chi connectivity index (χ0) is 16.9. The van der Waals surface area contributed by atoms with Gasteiger partial charge in [-0.15, -0.1) is 0 Å². The van der Waals surface area contributed by atoms with Gasteiger partial charge >= 0.3 is 0 Å². The van der Waals surface area contributed by atoms with Crippen LogP contribution < -0.4 is 0 Å². The van der Waals surface area contributed by atoms with E-state index in [4.69, 9.17) is 50.3 Å². The van der Waals surface area contributed by atoms with Gasteiger partial charge in [0.25, 0.3) is 0 Å². The smallest absolute Gasteiger partial charge is 0.114 e. The highest BCUT2D eigenvalue weighted by molar-refractivity contribution is 4.93. The highest BCUT2D eigenvalue weighted by Crippen LogP contribution is 2.26. The third-order valence-corrected chi connectivity index (χ3v) is 3.51. The summed E-state index contributed by atoms with van der Waals surface area (Å²) in [4.78, 5) is 0. The van der Waals surface area contributed by atoms with Crippen LogP contribution in [0.15, 0.2) is 0 Å². The monoisotopic (exact) mass is 328 g/mol. The van der Waals surface area contributed by atoms with Crippen molar-refractivity contribution in [1.82, 2.24) is 0 Å². The predicted octanol–water partition coefficient (Wildman–Crippen LogP) is -5.08. The lowest BCUT2D eigenvalue weighted by molar-refractivity contribution is -0.123. The van der Waals surface area contributed by atoms with Crippen molar-refractivity contribution in [1.29, 1.82) is 0 Å². The Kier molecular flexibility index (Phi) is 8.07. The van der Waals surface area contributed by atoms with Gasteiger partial charge in [-0.1, -0.05) is 0 Å². The fourth-order valence-electron chi connectivity index (χ4n) is 2.13. The zero-order valence-electron chi connectivity index (χ0n) is 11.8. The van der Waals surface area contributed by atoms with E-state index in [9.17, 15) is 0 Å². The lowest BCUT2D eigenvalue weighted by atomic mass is 10.0. The molecule has 132 valence electrons. The second-order valence-electron chi connectivity index (χ2n) is 5.21. The molecule has 10 nitrogen and oxygen atoms in total. The van der Waals surface area contributed by atoms with Crippen molar-refractivity contribution in [2.24, 2.45) is 0 Å². The molecule has 0 bridgehead atoms.